The Bertz CT molecular complexity index is 717. The van der Waals surface area contributed by atoms with E-state index in [4.69, 9.17) is 21.1 Å². The zero-order valence-electron chi connectivity index (χ0n) is 14.0. The van der Waals surface area contributed by atoms with Crippen molar-refractivity contribution >= 4 is 27.3 Å². The SMILES string of the molecule is COc1cc(C(=O)N[C@@H]2CCS(=O)(=O)C2)cc(Cl)c1OCC(C)C. The molecule has 8 heteroatoms. The molecule has 1 fully saturated rings. The number of benzene rings is 1. The number of methoxy groups -OCH3 is 1. The number of carbonyl (C=O) groups is 1. The topological polar surface area (TPSA) is 81.7 Å². The molecule has 0 unspecified atom stereocenters. The van der Waals surface area contributed by atoms with Gasteiger partial charge in [-0.1, -0.05) is 25.4 Å². The number of carbonyl (C=O) groups excluding carboxylic acids is 1. The van der Waals surface area contributed by atoms with Crippen molar-refractivity contribution in [3.63, 3.8) is 0 Å². The molecule has 2 rings (SSSR count). The third-order valence-electron chi connectivity index (χ3n) is 3.62. The summed E-state index contributed by atoms with van der Waals surface area (Å²) in [5.74, 6) is 0.773. The van der Waals surface area contributed by atoms with Gasteiger partial charge in [-0.25, -0.2) is 8.42 Å². The summed E-state index contributed by atoms with van der Waals surface area (Å²) < 4.78 is 33.9. The number of hydrogen-bond donors (Lipinski definition) is 1. The van der Waals surface area contributed by atoms with Crippen molar-refractivity contribution in [3.8, 4) is 11.5 Å². The highest BCUT2D eigenvalue weighted by atomic mass is 35.5. The lowest BCUT2D eigenvalue weighted by molar-refractivity contribution is 0.0940. The van der Waals surface area contributed by atoms with Crippen molar-refractivity contribution in [2.24, 2.45) is 5.92 Å². The van der Waals surface area contributed by atoms with Gasteiger partial charge < -0.3 is 14.8 Å². The van der Waals surface area contributed by atoms with E-state index in [0.29, 0.717) is 36.0 Å². The van der Waals surface area contributed by atoms with Crippen molar-refractivity contribution in [1.29, 1.82) is 0 Å². The van der Waals surface area contributed by atoms with Crippen molar-refractivity contribution in [3.05, 3.63) is 22.7 Å². The van der Waals surface area contributed by atoms with Crippen molar-refractivity contribution in [1.82, 2.24) is 5.32 Å². The minimum absolute atomic E-state index is 0.0286. The van der Waals surface area contributed by atoms with Gasteiger partial charge in [0.25, 0.3) is 5.91 Å². The molecule has 0 radical (unpaired) electrons. The maximum Gasteiger partial charge on any atom is 0.251 e. The van der Waals surface area contributed by atoms with Crippen LogP contribution in [0.5, 0.6) is 11.5 Å². The van der Waals surface area contributed by atoms with Gasteiger partial charge in [-0.3, -0.25) is 4.79 Å². The zero-order chi connectivity index (χ0) is 17.9. The third kappa shape index (κ3) is 4.77. The molecule has 1 saturated heterocycles. The normalized spacial score (nSPS) is 19.3. The Balaban J connectivity index is 2.15. The number of amides is 1. The van der Waals surface area contributed by atoms with E-state index in [9.17, 15) is 13.2 Å². The van der Waals surface area contributed by atoms with Gasteiger partial charge in [0, 0.05) is 11.6 Å². The predicted molar refractivity (Wildman–Crippen MR) is 92.9 cm³/mol. The molecule has 1 N–H and O–H groups in total. The molecule has 1 heterocycles. The van der Waals surface area contributed by atoms with Crippen LogP contribution in [0.4, 0.5) is 0 Å². The quantitative estimate of drug-likeness (QED) is 0.825. The average molecular weight is 376 g/mol. The van der Waals surface area contributed by atoms with Crippen molar-refractivity contribution in [2.45, 2.75) is 26.3 Å². The maximum atomic E-state index is 12.3. The molecule has 1 aromatic rings. The molecule has 0 spiro atoms. The van der Waals surface area contributed by atoms with Crippen LogP contribution in [0.25, 0.3) is 0 Å². The molecular formula is C16H22ClNO5S. The van der Waals surface area contributed by atoms with Gasteiger partial charge in [-0.2, -0.15) is 0 Å². The Kier molecular flexibility index (Phi) is 5.98. The molecule has 1 aliphatic rings. The van der Waals surface area contributed by atoms with Gasteiger partial charge >= 0.3 is 0 Å². The molecule has 1 atom stereocenters. The van der Waals surface area contributed by atoms with E-state index in [1.807, 2.05) is 13.8 Å². The number of hydrogen-bond acceptors (Lipinski definition) is 5. The van der Waals surface area contributed by atoms with Crippen LogP contribution in [0.3, 0.4) is 0 Å². The van der Waals surface area contributed by atoms with Crippen LogP contribution >= 0.6 is 11.6 Å². The summed E-state index contributed by atoms with van der Waals surface area (Å²) in [5.41, 5.74) is 0.304. The molecule has 24 heavy (non-hydrogen) atoms. The molecule has 1 aliphatic heterocycles. The standard InChI is InChI=1S/C16H22ClNO5S/c1-10(2)8-23-15-13(17)6-11(7-14(15)22-3)16(19)18-12-4-5-24(20,21)9-12/h6-7,10,12H,4-5,8-9H2,1-3H3,(H,18,19)/t12-/m1/s1. The van der Waals surface area contributed by atoms with Crippen LogP contribution < -0.4 is 14.8 Å². The molecule has 0 saturated carbocycles. The molecular weight excluding hydrogens is 354 g/mol. The van der Waals surface area contributed by atoms with Gasteiger partial charge in [-0.15, -0.1) is 0 Å². The second-order valence-electron chi connectivity index (χ2n) is 6.27. The van der Waals surface area contributed by atoms with Crippen molar-refractivity contribution in [2.75, 3.05) is 25.2 Å². The fourth-order valence-electron chi connectivity index (χ4n) is 2.42. The smallest absolute Gasteiger partial charge is 0.251 e. The number of ether oxygens (including phenoxy) is 2. The number of rotatable bonds is 6. The summed E-state index contributed by atoms with van der Waals surface area (Å²) in [6.45, 7) is 4.50. The highest BCUT2D eigenvalue weighted by molar-refractivity contribution is 7.91. The Morgan fingerprint density at radius 1 is 1.42 bits per heavy atom. The zero-order valence-corrected chi connectivity index (χ0v) is 15.5. The second kappa shape index (κ2) is 7.61. The molecule has 0 aliphatic carbocycles. The highest BCUT2D eigenvalue weighted by Gasteiger charge is 2.29. The highest BCUT2D eigenvalue weighted by Crippen LogP contribution is 2.36. The fourth-order valence-corrected chi connectivity index (χ4v) is 4.36. The minimum atomic E-state index is -3.05. The lowest BCUT2D eigenvalue weighted by Gasteiger charge is -2.16. The van der Waals surface area contributed by atoms with Gasteiger partial charge in [0.2, 0.25) is 0 Å². The van der Waals surface area contributed by atoms with Crippen LogP contribution in [0.15, 0.2) is 12.1 Å². The largest absolute Gasteiger partial charge is 0.493 e. The average Bonchev–Trinajstić information content (AvgIpc) is 2.83. The second-order valence-corrected chi connectivity index (χ2v) is 8.90. The van der Waals surface area contributed by atoms with E-state index in [-0.39, 0.29) is 28.5 Å². The lowest BCUT2D eigenvalue weighted by Crippen LogP contribution is -2.35. The summed E-state index contributed by atoms with van der Waals surface area (Å²) in [6, 6.07) is 2.67. The molecule has 134 valence electrons. The van der Waals surface area contributed by atoms with Crippen LogP contribution in [0, 0.1) is 5.92 Å². The van der Waals surface area contributed by atoms with Gasteiger partial charge in [-0.05, 0) is 24.5 Å². The summed E-state index contributed by atoms with van der Waals surface area (Å²) in [6.07, 6.45) is 0.425. The van der Waals surface area contributed by atoms with E-state index in [1.54, 1.807) is 6.07 Å². The molecule has 0 aromatic heterocycles. The number of nitrogens with one attached hydrogen (secondary N) is 1. The van der Waals surface area contributed by atoms with Gasteiger partial charge in [0.15, 0.2) is 21.3 Å². The van der Waals surface area contributed by atoms with E-state index in [1.165, 1.54) is 13.2 Å². The first kappa shape index (κ1) is 18.9. The fraction of sp³-hybridized carbons (Fsp3) is 0.562. The van der Waals surface area contributed by atoms with E-state index in [0.717, 1.165) is 0 Å². The first-order chi connectivity index (χ1) is 11.2. The summed E-state index contributed by atoms with van der Waals surface area (Å²) in [7, 11) is -1.58. The van der Waals surface area contributed by atoms with E-state index in [2.05, 4.69) is 5.32 Å². The first-order valence-corrected chi connectivity index (χ1v) is 9.93. The molecule has 1 amide bonds. The lowest BCUT2D eigenvalue weighted by atomic mass is 10.1. The minimum Gasteiger partial charge on any atom is -0.493 e. The van der Waals surface area contributed by atoms with E-state index >= 15 is 0 Å². The van der Waals surface area contributed by atoms with Crippen LogP contribution in [0.1, 0.15) is 30.6 Å². The Labute approximate surface area is 147 Å². The van der Waals surface area contributed by atoms with Crippen LogP contribution in [-0.2, 0) is 9.84 Å². The van der Waals surface area contributed by atoms with Crippen LogP contribution in [-0.4, -0.2) is 45.6 Å². The molecule has 1 aromatic carbocycles. The van der Waals surface area contributed by atoms with Gasteiger partial charge in [0.05, 0.1) is 30.2 Å². The van der Waals surface area contributed by atoms with Gasteiger partial charge in [0.1, 0.15) is 0 Å². The summed E-state index contributed by atoms with van der Waals surface area (Å²) >= 11 is 6.22. The van der Waals surface area contributed by atoms with Crippen LogP contribution in [0.2, 0.25) is 5.02 Å². The summed E-state index contributed by atoms with van der Waals surface area (Å²) in [4.78, 5) is 12.3. The maximum absolute atomic E-state index is 12.3. The van der Waals surface area contributed by atoms with Crippen molar-refractivity contribution < 1.29 is 22.7 Å². The number of sulfone groups is 1. The monoisotopic (exact) mass is 375 g/mol. The molecule has 6 nitrogen and oxygen atoms in total. The predicted octanol–water partition coefficient (Wildman–Crippen LogP) is 2.30. The third-order valence-corrected chi connectivity index (χ3v) is 5.67. The Morgan fingerprint density at radius 2 is 2.12 bits per heavy atom. The van der Waals surface area contributed by atoms with E-state index < -0.39 is 9.84 Å². The molecule has 0 bridgehead atoms. The first-order valence-electron chi connectivity index (χ1n) is 7.73. The Morgan fingerprint density at radius 3 is 2.67 bits per heavy atom. The Hall–Kier alpha value is -1.47. The summed E-state index contributed by atoms with van der Waals surface area (Å²) in [5, 5.41) is 3.00. The number of halogens is 1.